The van der Waals surface area contributed by atoms with Crippen LogP contribution in [-0.2, 0) is 11.2 Å². The van der Waals surface area contributed by atoms with Gasteiger partial charge >= 0.3 is 0 Å². The van der Waals surface area contributed by atoms with E-state index >= 15 is 0 Å². The van der Waals surface area contributed by atoms with Crippen molar-refractivity contribution in [3.05, 3.63) is 27.4 Å². The van der Waals surface area contributed by atoms with E-state index in [1.54, 1.807) is 13.8 Å². The zero-order valence-corrected chi connectivity index (χ0v) is 10.6. The maximum atomic E-state index is 11.7. The molecule has 0 spiro atoms. The van der Waals surface area contributed by atoms with Crippen molar-refractivity contribution >= 4 is 5.91 Å². The Labute approximate surface area is 101 Å². The maximum Gasteiger partial charge on any atom is 0.254 e. The first-order chi connectivity index (χ1) is 8.04. The van der Waals surface area contributed by atoms with Gasteiger partial charge in [-0.25, -0.2) is 4.98 Å². The molecule has 0 unspecified atom stereocenters. The van der Waals surface area contributed by atoms with E-state index in [1.807, 2.05) is 6.92 Å². The number of hydrogen-bond acceptors (Lipinski definition) is 3. The fourth-order valence-corrected chi connectivity index (χ4v) is 1.64. The van der Waals surface area contributed by atoms with Crippen LogP contribution >= 0.6 is 0 Å². The molecule has 0 radical (unpaired) electrons. The fraction of sp³-hybridized carbons (Fsp3) is 0.583. The Morgan fingerprint density at radius 3 is 2.71 bits per heavy atom. The largest absolute Gasteiger partial charge is 0.356 e. The summed E-state index contributed by atoms with van der Waals surface area (Å²) in [5.74, 6) is 0.581. The number of rotatable bonds is 5. The smallest absolute Gasteiger partial charge is 0.254 e. The van der Waals surface area contributed by atoms with Gasteiger partial charge in [0.05, 0.1) is 0 Å². The molecule has 0 saturated carbocycles. The summed E-state index contributed by atoms with van der Waals surface area (Å²) in [4.78, 5) is 29.9. The fourth-order valence-electron chi connectivity index (χ4n) is 1.64. The molecule has 1 aromatic rings. The van der Waals surface area contributed by atoms with Crippen molar-refractivity contribution < 1.29 is 4.79 Å². The van der Waals surface area contributed by atoms with Crippen LogP contribution in [0.2, 0.25) is 0 Å². The molecule has 1 aromatic heterocycles. The van der Waals surface area contributed by atoms with Crippen LogP contribution in [0.4, 0.5) is 0 Å². The second-order valence-corrected chi connectivity index (χ2v) is 4.07. The third-order valence-electron chi connectivity index (χ3n) is 2.51. The summed E-state index contributed by atoms with van der Waals surface area (Å²) < 4.78 is 0. The van der Waals surface area contributed by atoms with E-state index in [-0.39, 0.29) is 11.5 Å². The van der Waals surface area contributed by atoms with Crippen molar-refractivity contribution in [2.24, 2.45) is 0 Å². The Kier molecular flexibility index (Phi) is 4.87. The number of nitrogens with zero attached hydrogens (tertiary/aromatic N) is 1. The van der Waals surface area contributed by atoms with Gasteiger partial charge in [-0.1, -0.05) is 6.92 Å². The highest BCUT2D eigenvalue weighted by molar-refractivity contribution is 5.76. The molecule has 0 aliphatic heterocycles. The highest BCUT2D eigenvalue weighted by Gasteiger charge is 2.08. The Balaban J connectivity index is 2.64. The van der Waals surface area contributed by atoms with Gasteiger partial charge in [-0.2, -0.15) is 0 Å². The van der Waals surface area contributed by atoms with E-state index < -0.39 is 0 Å². The van der Waals surface area contributed by atoms with Gasteiger partial charge in [-0.3, -0.25) is 9.59 Å². The third-order valence-corrected chi connectivity index (χ3v) is 2.51. The van der Waals surface area contributed by atoms with E-state index in [1.165, 1.54) is 0 Å². The molecule has 0 aliphatic rings. The number of aromatic nitrogens is 2. The first kappa shape index (κ1) is 13.4. The Morgan fingerprint density at radius 2 is 2.12 bits per heavy atom. The number of aromatic amines is 1. The number of nitrogens with one attached hydrogen (secondary N) is 2. The van der Waals surface area contributed by atoms with Gasteiger partial charge in [0.1, 0.15) is 5.82 Å². The average Bonchev–Trinajstić information content (AvgIpc) is 2.24. The maximum absolute atomic E-state index is 11.7. The van der Waals surface area contributed by atoms with Crippen molar-refractivity contribution in [1.29, 1.82) is 0 Å². The Hall–Kier alpha value is -1.65. The molecule has 5 nitrogen and oxygen atoms in total. The third kappa shape index (κ3) is 4.01. The monoisotopic (exact) mass is 237 g/mol. The van der Waals surface area contributed by atoms with Crippen LogP contribution in [0.25, 0.3) is 0 Å². The molecule has 1 amide bonds. The number of carbonyl (C=O) groups is 1. The molecule has 1 heterocycles. The minimum absolute atomic E-state index is 0.0220. The quantitative estimate of drug-likeness (QED) is 0.797. The van der Waals surface area contributed by atoms with E-state index in [0.29, 0.717) is 36.5 Å². The molecule has 2 N–H and O–H groups in total. The van der Waals surface area contributed by atoms with Crippen molar-refractivity contribution in [2.45, 2.75) is 40.0 Å². The molecule has 0 bridgehead atoms. The van der Waals surface area contributed by atoms with Crippen LogP contribution in [0.5, 0.6) is 0 Å². The summed E-state index contributed by atoms with van der Waals surface area (Å²) in [7, 11) is 0. The lowest BCUT2D eigenvalue weighted by Gasteiger charge is -2.05. The number of aryl methyl sites for hydroxylation is 2. The van der Waals surface area contributed by atoms with Gasteiger partial charge in [-0.05, 0) is 26.7 Å². The van der Waals surface area contributed by atoms with Crippen LogP contribution < -0.4 is 10.9 Å². The van der Waals surface area contributed by atoms with Crippen molar-refractivity contribution in [2.75, 3.05) is 6.54 Å². The molecular formula is C12H19N3O2. The second-order valence-electron chi connectivity index (χ2n) is 4.07. The SMILES string of the molecule is CCCNC(=O)CCc1c(C)nc(C)[nH]c1=O. The predicted molar refractivity (Wildman–Crippen MR) is 66.0 cm³/mol. The highest BCUT2D eigenvalue weighted by Crippen LogP contribution is 2.02. The van der Waals surface area contributed by atoms with Gasteiger partial charge in [0, 0.05) is 24.2 Å². The number of carbonyl (C=O) groups excluding carboxylic acids is 1. The van der Waals surface area contributed by atoms with Crippen molar-refractivity contribution in [1.82, 2.24) is 15.3 Å². The number of amides is 1. The summed E-state index contributed by atoms with van der Waals surface area (Å²) in [6.07, 6.45) is 1.68. The topological polar surface area (TPSA) is 74.8 Å². The lowest BCUT2D eigenvalue weighted by atomic mass is 10.1. The summed E-state index contributed by atoms with van der Waals surface area (Å²) in [6.45, 7) is 6.22. The zero-order chi connectivity index (χ0) is 12.8. The minimum atomic E-state index is -0.140. The van der Waals surface area contributed by atoms with Crippen LogP contribution in [0.1, 0.15) is 36.8 Å². The van der Waals surface area contributed by atoms with E-state index in [9.17, 15) is 9.59 Å². The number of hydrogen-bond donors (Lipinski definition) is 2. The van der Waals surface area contributed by atoms with E-state index in [2.05, 4.69) is 15.3 Å². The van der Waals surface area contributed by atoms with E-state index in [4.69, 9.17) is 0 Å². The molecule has 0 aromatic carbocycles. The van der Waals surface area contributed by atoms with Gasteiger partial charge in [0.15, 0.2) is 0 Å². The van der Waals surface area contributed by atoms with Crippen LogP contribution in [0, 0.1) is 13.8 Å². The summed E-state index contributed by atoms with van der Waals surface area (Å²) >= 11 is 0. The first-order valence-corrected chi connectivity index (χ1v) is 5.87. The van der Waals surface area contributed by atoms with Gasteiger partial charge in [0.2, 0.25) is 5.91 Å². The second kappa shape index (κ2) is 6.18. The normalized spacial score (nSPS) is 10.3. The minimum Gasteiger partial charge on any atom is -0.356 e. The molecule has 5 heteroatoms. The summed E-state index contributed by atoms with van der Waals surface area (Å²) in [5.41, 5.74) is 1.16. The molecule has 0 fully saturated rings. The van der Waals surface area contributed by atoms with Crippen molar-refractivity contribution in [3.63, 3.8) is 0 Å². The van der Waals surface area contributed by atoms with Gasteiger partial charge in [0.25, 0.3) is 5.56 Å². The van der Waals surface area contributed by atoms with Crippen LogP contribution in [-0.4, -0.2) is 22.4 Å². The molecule has 17 heavy (non-hydrogen) atoms. The van der Waals surface area contributed by atoms with Crippen LogP contribution in [0.3, 0.4) is 0 Å². The Bertz CT molecular complexity index is 452. The van der Waals surface area contributed by atoms with E-state index in [0.717, 1.165) is 6.42 Å². The summed E-state index contributed by atoms with van der Waals surface area (Å²) in [5, 5.41) is 2.78. The zero-order valence-electron chi connectivity index (χ0n) is 10.6. The lowest BCUT2D eigenvalue weighted by Crippen LogP contribution is -2.26. The van der Waals surface area contributed by atoms with Crippen molar-refractivity contribution in [3.8, 4) is 0 Å². The Morgan fingerprint density at radius 1 is 1.41 bits per heavy atom. The van der Waals surface area contributed by atoms with Gasteiger partial charge < -0.3 is 10.3 Å². The van der Waals surface area contributed by atoms with Gasteiger partial charge in [-0.15, -0.1) is 0 Å². The molecule has 0 aliphatic carbocycles. The summed E-state index contributed by atoms with van der Waals surface area (Å²) in [6, 6.07) is 0. The lowest BCUT2D eigenvalue weighted by molar-refractivity contribution is -0.121. The first-order valence-electron chi connectivity index (χ1n) is 5.87. The molecule has 0 atom stereocenters. The average molecular weight is 237 g/mol. The predicted octanol–water partition coefficient (Wildman–Crippen LogP) is 0.846. The molecule has 94 valence electrons. The standard InChI is InChI=1S/C12H19N3O2/c1-4-7-13-11(16)6-5-10-8(2)14-9(3)15-12(10)17/h4-7H2,1-3H3,(H,13,16)(H,14,15,17). The highest BCUT2D eigenvalue weighted by atomic mass is 16.1. The number of H-pyrrole nitrogens is 1. The van der Waals surface area contributed by atoms with Crippen LogP contribution in [0.15, 0.2) is 4.79 Å². The molecule has 0 saturated heterocycles. The molecular weight excluding hydrogens is 218 g/mol. The molecule has 1 rings (SSSR count).